The van der Waals surface area contributed by atoms with E-state index >= 15 is 0 Å². The second-order valence-electron chi connectivity index (χ2n) is 6.35. The Kier molecular flexibility index (Phi) is 4.27. The quantitative estimate of drug-likeness (QED) is 0.687. The Morgan fingerprint density at radius 1 is 1.15 bits per heavy atom. The van der Waals surface area contributed by atoms with Gasteiger partial charge in [0.1, 0.15) is 29.9 Å². The fourth-order valence-corrected chi connectivity index (χ4v) is 3.46. The van der Waals surface area contributed by atoms with E-state index in [1.54, 1.807) is 18.2 Å². The molecule has 0 spiro atoms. The van der Waals surface area contributed by atoms with Gasteiger partial charge in [-0.1, -0.05) is 15.9 Å². The second-order valence-corrected chi connectivity index (χ2v) is 7.27. The van der Waals surface area contributed by atoms with Crippen molar-refractivity contribution in [3.05, 3.63) is 76.3 Å². The molecule has 6 nitrogen and oxygen atoms in total. The zero-order valence-corrected chi connectivity index (χ0v) is 15.4. The van der Waals surface area contributed by atoms with Gasteiger partial charge in [-0.05, 0) is 35.9 Å². The summed E-state index contributed by atoms with van der Waals surface area (Å²) in [4.78, 5) is 18.2. The third-order valence-electron chi connectivity index (χ3n) is 4.45. The SMILES string of the molecule is O=C(c1ccc(Br)cc1-n1cncn1)N1CC(O)(c2cc(F)cc(F)c2)C1. The Balaban J connectivity index is 1.59. The van der Waals surface area contributed by atoms with Gasteiger partial charge in [0.05, 0.1) is 24.3 Å². The van der Waals surface area contributed by atoms with Crippen LogP contribution < -0.4 is 0 Å². The van der Waals surface area contributed by atoms with Crippen molar-refractivity contribution >= 4 is 21.8 Å². The number of hydrogen-bond donors (Lipinski definition) is 1. The molecule has 0 saturated carbocycles. The van der Waals surface area contributed by atoms with E-state index in [1.165, 1.54) is 22.2 Å². The first-order valence-electron chi connectivity index (χ1n) is 7.98. The largest absolute Gasteiger partial charge is 0.381 e. The van der Waals surface area contributed by atoms with Gasteiger partial charge in [-0.3, -0.25) is 4.79 Å². The Hall–Kier alpha value is -2.65. The molecular weight excluding hydrogens is 422 g/mol. The number of β-amino-alcohol motifs (C(OH)–C–C–N with tert-alkyl or cyclic N) is 1. The van der Waals surface area contributed by atoms with Gasteiger partial charge in [0.2, 0.25) is 0 Å². The van der Waals surface area contributed by atoms with E-state index in [0.29, 0.717) is 11.3 Å². The molecule has 1 amide bonds. The Morgan fingerprint density at radius 2 is 1.85 bits per heavy atom. The van der Waals surface area contributed by atoms with Crippen LogP contribution in [0.15, 0.2) is 53.5 Å². The fourth-order valence-electron chi connectivity index (χ4n) is 3.11. The van der Waals surface area contributed by atoms with E-state index < -0.39 is 17.2 Å². The van der Waals surface area contributed by atoms with Gasteiger partial charge in [0, 0.05) is 10.5 Å². The number of likely N-dealkylation sites (tertiary alicyclic amines) is 1. The van der Waals surface area contributed by atoms with Gasteiger partial charge < -0.3 is 10.0 Å². The van der Waals surface area contributed by atoms with E-state index in [2.05, 4.69) is 26.0 Å². The Morgan fingerprint density at radius 3 is 2.48 bits per heavy atom. The standard InChI is InChI=1S/C18H13BrF2N4O2/c19-12-1-2-15(16(5-12)25-10-22-9-23-25)17(26)24-7-18(27,8-24)11-3-13(20)6-14(21)4-11/h1-6,9-10,27H,7-8H2. The van der Waals surface area contributed by atoms with Gasteiger partial charge in [-0.25, -0.2) is 18.4 Å². The summed E-state index contributed by atoms with van der Waals surface area (Å²) < 4.78 is 29.1. The van der Waals surface area contributed by atoms with Crippen LogP contribution in [0.1, 0.15) is 15.9 Å². The van der Waals surface area contributed by atoms with Gasteiger partial charge in [0.15, 0.2) is 0 Å². The Labute approximate surface area is 161 Å². The lowest BCUT2D eigenvalue weighted by Crippen LogP contribution is -2.61. The summed E-state index contributed by atoms with van der Waals surface area (Å²) >= 11 is 3.36. The maximum atomic E-state index is 13.4. The molecular formula is C18H13BrF2N4O2. The molecule has 0 unspecified atom stereocenters. The monoisotopic (exact) mass is 434 g/mol. The maximum absolute atomic E-state index is 13.4. The number of halogens is 3. The van der Waals surface area contributed by atoms with Crippen molar-refractivity contribution < 1.29 is 18.7 Å². The van der Waals surface area contributed by atoms with Crippen molar-refractivity contribution in [1.82, 2.24) is 19.7 Å². The second kappa shape index (κ2) is 6.50. The van der Waals surface area contributed by atoms with Crippen LogP contribution in [0.2, 0.25) is 0 Å². The minimum atomic E-state index is -1.48. The summed E-state index contributed by atoms with van der Waals surface area (Å²) in [5.41, 5.74) is -0.479. The minimum absolute atomic E-state index is 0.0679. The predicted octanol–water partition coefficient (Wildman–Crippen LogP) is 2.65. The predicted molar refractivity (Wildman–Crippen MR) is 95.2 cm³/mol. The average Bonchev–Trinajstić information content (AvgIpc) is 3.12. The molecule has 3 aromatic rings. The zero-order chi connectivity index (χ0) is 19.2. The summed E-state index contributed by atoms with van der Waals surface area (Å²) in [6, 6.07) is 7.98. The summed E-state index contributed by atoms with van der Waals surface area (Å²) in [5.74, 6) is -1.87. The highest BCUT2D eigenvalue weighted by Crippen LogP contribution is 2.34. The number of carbonyl (C=O) groups excluding carboxylic acids is 1. The van der Waals surface area contributed by atoms with Crippen LogP contribution >= 0.6 is 15.9 Å². The van der Waals surface area contributed by atoms with Crippen LogP contribution in [0.3, 0.4) is 0 Å². The highest BCUT2D eigenvalue weighted by atomic mass is 79.9. The van der Waals surface area contributed by atoms with E-state index in [0.717, 1.165) is 22.7 Å². The topological polar surface area (TPSA) is 71.2 Å². The number of aliphatic hydroxyl groups is 1. The maximum Gasteiger partial charge on any atom is 0.256 e. The molecule has 2 heterocycles. The summed E-state index contributed by atoms with van der Waals surface area (Å²) in [6.07, 6.45) is 2.83. The number of carbonyl (C=O) groups is 1. The molecule has 138 valence electrons. The minimum Gasteiger partial charge on any atom is -0.381 e. The van der Waals surface area contributed by atoms with Crippen LogP contribution in [0.4, 0.5) is 8.78 Å². The first kappa shape index (κ1) is 17.7. The van der Waals surface area contributed by atoms with Crippen molar-refractivity contribution in [3.8, 4) is 5.69 Å². The van der Waals surface area contributed by atoms with Crippen molar-refractivity contribution in [1.29, 1.82) is 0 Å². The summed E-state index contributed by atoms with van der Waals surface area (Å²) in [7, 11) is 0. The lowest BCUT2D eigenvalue weighted by molar-refractivity contribution is -0.0866. The number of aromatic nitrogens is 3. The lowest BCUT2D eigenvalue weighted by Gasteiger charge is -2.46. The lowest BCUT2D eigenvalue weighted by atomic mass is 9.85. The van der Waals surface area contributed by atoms with Gasteiger partial charge in [0.25, 0.3) is 5.91 Å². The van der Waals surface area contributed by atoms with Gasteiger partial charge in [-0.15, -0.1) is 0 Å². The van der Waals surface area contributed by atoms with Crippen LogP contribution in [0.25, 0.3) is 5.69 Å². The number of hydrogen-bond acceptors (Lipinski definition) is 4. The zero-order valence-electron chi connectivity index (χ0n) is 13.8. The number of rotatable bonds is 3. The van der Waals surface area contributed by atoms with Crippen molar-refractivity contribution in [2.24, 2.45) is 0 Å². The first-order valence-corrected chi connectivity index (χ1v) is 8.78. The molecule has 27 heavy (non-hydrogen) atoms. The molecule has 1 N–H and O–H groups in total. The third kappa shape index (κ3) is 3.24. The van der Waals surface area contributed by atoms with Gasteiger partial charge >= 0.3 is 0 Å². The highest BCUT2D eigenvalue weighted by molar-refractivity contribution is 9.10. The molecule has 4 rings (SSSR count). The molecule has 1 fully saturated rings. The molecule has 0 atom stereocenters. The van der Waals surface area contributed by atoms with E-state index in [1.807, 2.05) is 0 Å². The van der Waals surface area contributed by atoms with Crippen LogP contribution in [-0.2, 0) is 5.60 Å². The van der Waals surface area contributed by atoms with Crippen LogP contribution in [0, 0.1) is 11.6 Å². The summed E-state index contributed by atoms with van der Waals surface area (Å²) in [6.45, 7) is -0.136. The smallest absolute Gasteiger partial charge is 0.256 e. The molecule has 1 aliphatic heterocycles. The van der Waals surface area contributed by atoms with Crippen molar-refractivity contribution in [3.63, 3.8) is 0 Å². The van der Waals surface area contributed by atoms with Crippen molar-refractivity contribution in [2.75, 3.05) is 13.1 Å². The van der Waals surface area contributed by atoms with E-state index in [4.69, 9.17) is 0 Å². The molecule has 9 heteroatoms. The molecule has 2 aromatic carbocycles. The number of benzene rings is 2. The van der Waals surface area contributed by atoms with E-state index in [9.17, 15) is 18.7 Å². The number of nitrogens with zero attached hydrogens (tertiary/aromatic N) is 4. The van der Waals surface area contributed by atoms with Crippen LogP contribution in [0.5, 0.6) is 0 Å². The normalized spacial score (nSPS) is 15.5. The first-order chi connectivity index (χ1) is 12.9. The van der Waals surface area contributed by atoms with Crippen LogP contribution in [-0.4, -0.2) is 43.8 Å². The molecule has 1 aliphatic rings. The third-order valence-corrected chi connectivity index (χ3v) is 4.94. The summed E-state index contributed by atoms with van der Waals surface area (Å²) in [5, 5.41) is 14.7. The average molecular weight is 435 g/mol. The molecule has 1 saturated heterocycles. The fraction of sp³-hybridized carbons (Fsp3) is 0.167. The van der Waals surface area contributed by atoms with Gasteiger partial charge in [-0.2, -0.15) is 5.10 Å². The Bertz CT molecular complexity index is 1000. The molecule has 1 aromatic heterocycles. The molecule has 0 bridgehead atoms. The number of amides is 1. The molecule has 0 aliphatic carbocycles. The highest BCUT2D eigenvalue weighted by Gasteiger charge is 2.46. The van der Waals surface area contributed by atoms with Crippen molar-refractivity contribution in [2.45, 2.75) is 5.60 Å². The van der Waals surface area contributed by atoms with E-state index in [-0.39, 0.29) is 24.6 Å². The molecule has 0 radical (unpaired) electrons.